The van der Waals surface area contributed by atoms with Crippen LogP contribution in [-0.2, 0) is 6.42 Å². The molecule has 2 aromatic carbocycles. The molecular weight excluding hydrogens is 469 g/mol. The van der Waals surface area contributed by atoms with Crippen LogP contribution in [-0.4, -0.2) is 8.07 Å². The molecule has 0 bridgehead atoms. The first kappa shape index (κ1) is 27.5. The third kappa shape index (κ3) is 7.05. The summed E-state index contributed by atoms with van der Waals surface area (Å²) in [6, 6.07) is 18.3. The molecule has 2 aromatic rings. The van der Waals surface area contributed by atoms with Gasteiger partial charge < -0.3 is 0 Å². The molecular formula is C32H45F3Si. The highest BCUT2D eigenvalue weighted by Gasteiger charge is 2.40. The standard InChI is InChI=1S/C32H45F3Si/c1-2-3-9-20-36(29-12-5-4-6-13-29)21-18-28(19-22-36)27-16-14-25(15-17-27)10-7-8-11-26-23-30(33)32(35)31(34)24-26/h4-6,12-13,23-25,27-28H,2-3,7-11,14-22H2,1H3. The summed E-state index contributed by atoms with van der Waals surface area (Å²) in [7, 11) is -1.34. The Kier molecular flexibility index (Phi) is 10.2. The second-order valence-corrected chi connectivity index (χ2v) is 16.5. The fourth-order valence-corrected chi connectivity index (χ4v) is 12.6. The number of unbranched alkanes of at least 4 members (excludes halogenated alkanes) is 3. The summed E-state index contributed by atoms with van der Waals surface area (Å²) in [5.74, 6) is -0.850. The quantitative estimate of drug-likeness (QED) is 0.159. The van der Waals surface area contributed by atoms with Gasteiger partial charge in [0.15, 0.2) is 17.5 Å². The molecule has 2 aliphatic rings. The van der Waals surface area contributed by atoms with E-state index >= 15 is 0 Å². The predicted molar refractivity (Wildman–Crippen MR) is 148 cm³/mol. The fraction of sp³-hybridized carbons (Fsp3) is 0.625. The molecule has 4 heteroatoms. The van der Waals surface area contributed by atoms with Crippen LogP contribution in [0.5, 0.6) is 0 Å². The van der Waals surface area contributed by atoms with Crippen LogP contribution in [0.15, 0.2) is 42.5 Å². The summed E-state index contributed by atoms with van der Waals surface area (Å²) in [5.41, 5.74) is 0.567. The molecule has 0 radical (unpaired) electrons. The molecule has 0 spiro atoms. The van der Waals surface area contributed by atoms with Crippen molar-refractivity contribution in [3.63, 3.8) is 0 Å². The van der Waals surface area contributed by atoms with Gasteiger partial charge >= 0.3 is 0 Å². The maximum atomic E-state index is 13.4. The van der Waals surface area contributed by atoms with Crippen LogP contribution in [0, 0.1) is 35.2 Å². The molecule has 1 saturated heterocycles. The molecule has 0 atom stereocenters. The Labute approximate surface area is 218 Å². The van der Waals surface area contributed by atoms with Gasteiger partial charge in [0.1, 0.15) is 0 Å². The van der Waals surface area contributed by atoms with Crippen molar-refractivity contribution in [2.24, 2.45) is 17.8 Å². The van der Waals surface area contributed by atoms with Gasteiger partial charge in [-0.3, -0.25) is 0 Å². The Morgan fingerprint density at radius 3 is 2.03 bits per heavy atom. The largest absolute Gasteiger partial charge is 0.204 e. The molecule has 198 valence electrons. The lowest BCUT2D eigenvalue weighted by molar-refractivity contribution is 0.184. The van der Waals surface area contributed by atoms with Crippen LogP contribution >= 0.6 is 0 Å². The van der Waals surface area contributed by atoms with Crippen molar-refractivity contribution >= 4 is 13.3 Å². The van der Waals surface area contributed by atoms with Crippen molar-refractivity contribution in [2.45, 2.75) is 109 Å². The predicted octanol–water partition coefficient (Wildman–Crippen LogP) is 9.58. The van der Waals surface area contributed by atoms with Gasteiger partial charge in [-0.1, -0.05) is 118 Å². The molecule has 0 N–H and O–H groups in total. The maximum absolute atomic E-state index is 13.4. The Morgan fingerprint density at radius 2 is 1.39 bits per heavy atom. The Bertz CT molecular complexity index is 905. The van der Waals surface area contributed by atoms with Gasteiger partial charge in [0, 0.05) is 0 Å². The van der Waals surface area contributed by atoms with E-state index in [0.29, 0.717) is 12.0 Å². The molecule has 0 amide bonds. The first-order valence-electron chi connectivity index (χ1n) is 14.7. The summed E-state index contributed by atoms with van der Waals surface area (Å²) in [6.45, 7) is 2.32. The van der Waals surface area contributed by atoms with E-state index in [1.165, 1.54) is 82.3 Å². The van der Waals surface area contributed by atoms with Gasteiger partial charge in [-0.2, -0.15) is 0 Å². The highest BCUT2D eigenvalue weighted by molar-refractivity contribution is 6.92. The minimum atomic E-state index is -1.36. The first-order chi connectivity index (χ1) is 17.5. The summed E-state index contributed by atoms with van der Waals surface area (Å²) in [5, 5.41) is 1.72. The second-order valence-electron chi connectivity index (χ2n) is 11.8. The van der Waals surface area contributed by atoms with Crippen molar-refractivity contribution in [1.82, 2.24) is 0 Å². The van der Waals surface area contributed by atoms with Gasteiger partial charge in [0.25, 0.3) is 0 Å². The van der Waals surface area contributed by atoms with Crippen molar-refractivity contribution in [2.75, 3.05) is 0 Å². The van der Waals surface area contributed by atoms with Gasteiger partial charge in [-0.25, -0.2) is 13.2 Å². The number of rotatable bonds is 11. The van der Waals surface area contributed by atoms with Crippen LogP contribution in [0.1, 0.15) is 89.5 Å². The van der Waals surface area contributed by atoms with Crippen LogP contribution in [0.3, 0.4) is 0 Å². The highest BCUT2D eigenvalue weighted by Crippen LogP contribution is 2.44. The van der Waals surface area contributed by atoms with Crippen molar-refractivity contribution in [3.8, 4) is 0 Å². The zero-order valence-electron chi connectivity index (χ0n) is 22.2. The van der Waals surface area contributed by atoms with E-state index < -0.39 is 25.5 Å². The first-order valence-corrected chi connectivity index (χ1v) is 17.3. The summed E-state index contributed by atoms with van der Waals surface area (Å²) < 4.78 is 40.0. The third-order valence-electron chi connectivity index (χ3n) is 9.56. The Balaban J connectivity index is 1.19. The van der Waals surface area contributed by atoms with Crippen molar-refractivity contribution in [3.05, 3.63) is 65.5 Å². The molecule has 0 nitrogen and oxygen atoms in total. The molecule has 4 rings (SSSR count). The number of aryl methyl sites for hydroxylation is 1. The van der Waals surface area contributed by atoms with E-state index in [9.17, 15) is 13.2 Å². The van der Waals surface area contributed by atoms with Crippen LogP contribution < -0.4 is 5.19 Å². The lowest BCUT2D eigenvalue weighted by Crippen LogP contribution is -2.50. The third-order valence-corrected chi connectivity index (χ3v) is 14.9. The summed E-state index contributed by atoms with van der Waals surface area (Å²) >= 11 is 0. The van der Waals surface area contributed by atoms with E-state index in [1.54, 1.807) is 5.19 Å². The Morgan fingerprint density at radius 1 is 0.750 bits per heavy atom. The van der Waals surface area contributed by atoms with E-state index in [2.05, 4.69) is 37.3 Å². The van der Waals surface area contributed by atoms with Gasteiger partial charge in [0.05, 0.1) is 8.07 Å². The monoisotopic (exact) mass is 514 g/mol. The fourth-order valence-electron chi connectivity index (χ4n) is 7.32. The van der Waals surface area contributed by atoms with E-state index in [1.807, 2.05) is 0 Å². The number of halogens is 3. The summed E-state index contributed by atoms with van der Waals surface area (Å²) in [4.78, 5) is 0. The SMILES string of the molecule is CCCCC[Si]1(c2ccccc2)CCC(C2CCC(CCCCc3cc(F)c(F)c(F)c3)CC2)CC1. The van der Waals surface area contributed by atoms with E-state index in [4.69, 9.17) is 0 Å². The van der Waals surface area contributed by atoms with Gasteiger partial charge in [-0.05, 0) is 61.1 Å². The van der Waals surface area contributed by atoms with E-state index in [0.717, 1.165) is 42.7 Å². The molecule has 1 saturated carbocycles. The smallest absolute Gasteiger partial charge is 0.194 e. The molecule has 36 heavy (non-hydrogen) atoms. The van der Waals surface area contributed by atoms with Crippen LogP contribution in [0.2, 0.25) is 18.1 Å². The molecule has 0 unspecified atom stereocenters. The molecule has 1 aliphatic carbocycles. The van der Waals surface area contributed by atoms with E-state index in [-0.39, 0.29) is 0 Å². The number of benzene rings is 2. The minimum Gasteiger partial charge on any atom is -0.204 e. The van der Waals surface area contributed by atoms with Crippen molar-refractivity contribution < 1.29 is 13.2 Å². The number of hydrogen-bond donors (Lipinski definition) is 0. The van der Waals surface area contributed by atoms with Gasteiger partial charge in [-0.15, -0.1) is 0 Å². The highest BCUT2D eigenvalue weighted by atomic mass is 28.3. The zero-order valence-corrected chi connectivity index (χ0v) is 23.2. The van der Waals surface area contributed by atoms with Crippen molar-refractivity contribution in [1.29, 1.82) is 0 Å². The molecule has 0 aromatic heterocycles. The summed E-state index contributed by atoms with van der Waals surface area (Å²) in [6.07, 6.45) is 16.3. The average Bonchev–Trinajstić information content (AvgIpc) is 2.91. The topological polar surface area (TPSA) is 0 Å². The molecule has 2 fully saturated rings. The minimum absolute atomic E-state index is 0.567. The molecule has 1 heterocycles. The lowest BCUT2D eigenvalue weighted by Gasteiger charge is -2.43. The lowest BCUT2D eigenvalue weighted by atomic mass is 9.73. The zero-order chi connectivity index (χ0) is 25.4. The number of hydrogen-bond acceptors (Lipinski definition) is 0. The van der Waals surface area contributed by atoms with Crippen LogP contribution in [0.4, 0.5) is 13.2 Å². The molecule has 1 aliphatic heterocycles. The normalized spacial score (nSPS) is 26.7. The van der Waals surface area contributed by atoms with Gasteiger partial charge in [0.2, 0.25) is 0 Å². The average molecular weight is 515 g/mol. The van der Waals surface area contributed by atoms with Crippen LogP contribution in [0.25, 0.3) is 0 Å². The maximum Gasteiger partial charge on any atom is 0.194 e. The second kappa shape index (κ2) is 13.3. The Hall–Kier alpha value is -1.55.